The third kappa shape index (κ3) is 2.86. The van der Waals surface area contributed by atoms with Crippen molar-refractivity contribution in [2.24, 2.45) is 0 Å². The normalized spacial score (nSPS) is 33.5. The lowest BCUT2D eigenvalue weighted by Crippen LogP contribution is -2.43. The molecule has 76 valence electrons. The largest absolute Gasteiger partial charge is 0.480 e. The highest BCUT2D eigenvalue weighted by molar-refractivity contribution is 8.00. The molecule has 1 rings (SSSR count). The molecule has 1 fully saturated rings. The number of rotatable bonds is 4. The zero-order chi connectivity index (χ0) is 9.90. The minimum Gasteiger partial charge on any atom is -0.480 e. The molecule has 0 aromatic rings. The van der Waals surface area contributed by atoms with Gasteiger partial charge in [-0.2, -0.15) is 0 Å². The number of thioether (sulfide) groups is 1. The van der Waals surface area contributed by atoms with Gasteiger partial charge < -0.3 is 9.84 Å². The van der Waals surface area contributed by atoms with Gasteiger partial charge in [-0.1, -0.05) is 0 Å². The van der Waals surface area contributed by atoms with Gasteiger partial charge in [0.05, 0.1) is 4.87 Å². The van der Waals surface area contributed by atoms with Gasteiger partial charge in [0.2, 0.25) is 0 Å². The van der Waals surface area contributed by atoms with Crippen LogP contribution in [0.4, 0.5) is 0 Å². The Morgan fingerprint density at radius 2 is 2.54 bits per heavy atom. The molecule has 2 atom stereocenters. The smallest absolute Gasteiger partial charge is 0.321 e. The summed E-state index contributed by atoms with van der Waals surface area (Å²) in [5.41, 5.74) is 0. The zero-order valence-corrected chi connectivity index (χ0v) is 8.69. The summed E-state index contributed by atoms with van der Waals surface area (Å²) in [6.07, 6.45) is 0.831. The molecule has 0 spiro atoms. The average molecular weight is 205 g/mol. The summed E-state index contributed by atoms with van der Waals surface area (Å²) in [4.78, 5) is 10.5. The second kappa shape index (κ2) is 4.30. The van der Waals surface area contributed by atoms with Crippen LogP contribution in [-0.2, 0) is 9.53 Å². The lowest BCUT2D eigenvalue weighted by Gasteiger charge is -2.23. The second-order valence-electron chi connectivity index (χ2n) is 3.32. The van der Waals surface area contributed by atoms with E-state index in [0.29, 0.717) is 12.4 Å². The van der Waals surface area contributed by atoms with E-state index in [1.165, 1.54) is 0 Å². The summed E-state index contributed by atoms with van der Waals surface area (Å²) >= 11 is 1.65. The van der Waals surface area contributed by atoms with Crippen molar-refractivity contribution in [1.82, 2.24) is 5.32 Å². The monoisotopic (exact) mass is 205 g/mol. The number of aliphatic carboxylic acids is 1. The van der Waals surface area contributed by atoms with Crippen molar-refractivity contribution in [3.8, 4) is 0 Å². The molecule has 4 nitrogen and oxygen atoms in total. The Bertz CT molecular complexity index is 200. The molecule has 0 saturated carbocycles. The number of carboxylic acids is 1. The Labute approximate surface area is 82.0 Å². The molecular weight excluding hydrogens is 190 g/mol. The van der Waals surface area contributed by atoms with E-state index in [-0.39, 0.29) is 4.87 Å². The van der Waals surface area contributed by atoms with Gasteiger partial charge >= 0.3 is 5.97 Å². The van der Waals surface area contributed by atoms with Crippen molar-refractivity contribution in [3.05, 3.63) is 0 Å². The molecule has 13 heavy (non-hydrogen) atoms. The van der Waals surface area contributed by atoms with E-state index < -0.39 is 12.0 Å². The van der Waals surface area contributed by atoms with Crippen molar-refractivity contribution >= 4 is 17.7 Å². The number of nitrogens with one attached hydrogen (secondary N) is 1. The predicted octanol–water partition coefficient (Wildman–Crippen LogP) is 0.529. The first-order valence-corrected chi connectivity index (χ1v) is 5.19. The van der Waals surface area contributed by atoms with Crippen LogP contribution < -0.4 is 5.32 Å². The Kier molecular flexibility index (Phi) is 3.58. The molecule has 1 unspecified atom stereocenters. The third-order valence-electron chi connectivity index (χ3n) is 2.13. The topological polar surface area (TPSA) is 58.6 Å². The summed E-state index contributed by atoms with van der Waals surface area (Å²) in [7, 11) is 1.65. The summed E-state index contributed by atoms with van der Waals surface area (Å²) in [5, 5.41) is 11.8. The fourth-order valence-corrected chi connectivity index (χ4v) is 2.51. The standard InChI is InChI=1S/C8H15NO3S/c1-8(3-4-12-2)9-6(5-13-8)7(10)11/h6,9H,3-5H2,1-2H3,(H,10,11)/t6-,8?/m0/s1. The van der Waals surface area contributed by atoms with Crippen LogP contribution >= 0.6 is 11.8 Å². The summed E-state index contributed by atoms with van der Waals surface area (Å²) in [6, 6.07) is -0.410. The summed E-state index contributed by atoms with van der Waals surface area (Å²) < 4.78 is 4.96. The first-order chi connectivity index (χ1) is 6.07. The molecule has 0 amide bonds. The predicted molar refractivity (Wildman–Crippen MR) is 51.9 cm³/mol. The number of ether oxygens (including phenoxy) is 1. The van der Waals surface area contributed by atoms with Crippen molar-refractivity contribution in [2.45, 2.75) is 24.3 Å². The molecule has 1 aliphatic rings. The van der Waals surface area contributed by atoms with Crippen LogP contribution in [0.2, 0.25) is 0 Å². The Balaban J connectivity index is 2.41. The zero-order valence-electron chi connectivity index (χ0n) is 7.87. The van der Waals surface area contributed by atoms with E-state index in [2.05, 4.69) is 5.32 Å². The first kappa shape index (κ1) is 10.8. The van der Waals surface area contributed by atoms with Gasteiger partial charge in [0.1, 0.15) is 6.04 Å². The lowest BCUT2D eigenvalue weighted by molar-refractivity contribution is -0.138. The van der Waals surface area contributed by atoms with Crippen LogP contribution in [0.3, 0.4) is 0 Å². The van der Waals surface area contributed by atoms with E-state index in [1.54, 1.807) is 18.9 Å². The molecule has 1 aliphatic heterocycles. The van der Waals surface area contributed by atoms with Crippen molar-refractivity contribution < 1.29 is 14.6 Å². The van der Waals surface area contributed by atoms with Crippen LogP contribution in [-0.4, -0.2) is 41.5 Å². The van der Waals surface area contributed by atoms with Gasteiger partial charge in [0.15, 0.2) is 0 Å². The average Bonchev–Trinajstić information content (AvgIpc) is 2.46. The van der Waals surface area contributed by atoms with Gasteiger partial charge in [-0.05, 0) is 13.3 Å². The highest BCUT2D eigenvalue weighted by Crippen LogP contribution is 2.32. The summed E-state index contributed by atoms with van der Waals surface area (Å²) in [5.74, 6) is -0.135. The highest BCUT2D eigenvalue weighted by Gasteiger charge is 2.37. The number of carbonyl (C=O) groups is 1. The van der Waals surface area contributed by atoms with Gasteiger partial charge in [-0.3, -0.25) is 10.1 Å². The molecule has 0 bridgehead atoms. The minimum absolute atomic E-state index is 0.140. The summed E-state index contributed by atoms with van der Waals surface area (Å²) in [6.45, 7) is 2.67. The molecule has 0 radical (unpaired) electrons. The fraction of sp³-hybridized carbons (Fsp3) is 0.875. The van der Waals surface area contributed by atoms with Gasteiger partial charge in [0, 0.05) is 19.5 Å². The quantitative estimate of drug-likeness (QED) is 0.701. The fourth-order valence-electron chi connectivity index (χ4n) is 1.29. The highest BCUT2D eigenvalue weighted by atomic mass is 32.2. The molecule has 2 N–H and O–H groups in total. The molecule has 0 aliphatic carbocycles. The number of hydrogen-bond acceptors (Lipinski definition) is 4. The van der Waals surface area contributed by atoms with Gasteiger partial charge in [-0.25, -0.2) is 0 Å². The van der Waals surface area contributed by atoms with Crippen LogP contribution in [0.15, 0.2) is 0 Å². The molecule has 0 aromatic heterocycles. The number of methoxy groups -OCH3 is 1. The first-order valence-electron chi connectivity index (χ1n) is 4.21. The lowest BCUT2D eigenvalue weighted by atomic mass is 10.2. The maximum Gasteiger partial charge on any atom is 0.321 e. The third-order valence-corrected chi connectivity index (χ3v) is 3.59. The van der Waals surface area contributed by atoms with Crippen LogP contribution in [0.1, 0.15) is 13.3 Å². The number of carboxylic acid groups (broad SMARTS) is 1. The van der Waals surface area contributed by atoms with Crippen molar-refractivity contribution in [3.63, 3.8) is 0 Å². The Hall–Kier alpha value is -0.260. The van der Waals surface area contributed by atoms with E-state index in [4.69, 9.17) is 9.84 Å². The van der Waals surface area contributed by atoms with Crippen LogP contribution in [0, 0.1) is 0 Å². The maximum atomic E-state index is 10.7. The molecule has 1 saturated heterocycles. The maximum absolute atomic E-state index is 10.7. The minimum atomic E-state index is -0.770. The van der Waals surface area contributed by atoms with Gasteiger partial charge in [0.25, 0.3) is 0 Å². The van der Waals surface area contributed by atoms with E-state index in [1.807, 2.05) is 6.92 Å². The van der Waals surface area contributed by atoms with Gasteiger partial charge in [-0.15, -0.1) is 11.8 Å². The van der Waals surface area contributed by atoms with Crippen molar-refractivity contribution in [1.29, 1.82) is 0 Å². The van der Waals surface area contributed by atoms with Crippen LogP contribution in [0.25, 0.3) is 0 Å². The van der Waals surface area contributed by atoms with Crippen molar-refractivity contribution in [2.75, 3.05) is 19.5 Å². The molecular formula is C8H15NO3S. The second-order valence-corrected chi connectivity index (χ2v) is 4.84. The molecule has 5 heteroatoms. The molecule has 1 heterocycles. The number of hydrogen-bond donors (Lipinski definition) is 2. The van der Waals surface area contributed by atoms with E-state index >= 15 is 0 Å². The molecule has 0 aromatic carbocycles. The van der Waals surface area contributed by atoms with E-state index in [9.17, 15) is 4.79 Å². The Morgan fingerprint density at radius 1 is 1.85 bits per heavy atom. The SMILES string of the molecule is COCCC1(C)N[C@H](C(=O)O)CS1. The van der Waals surface area contributed by atoms with E-state index in [0.717, 1.165) is 6.42 Å². The Morgan fingerprint density at radius 3 is 3.00 bits per heavy atom. The van der Waals surface area contributed by atoms with Crippen LogP contribution in [0.5, 0.6) is 0 Å².